The van der Waals surface area contributed by atoms with Gasteiger partial charge >= 0.3 is 0 Å². The number of anilines is 1. The van der Waals surface area contributed by atoms with E-state index in [0.717, 1.165) is 33.8 Å². The summed E-state index contributed by atoms with van der Waals surface area (Å²) in [4.78, 5) is 29.8. The Morgan fingerprint density at radius 1 is 0.844 bits per heavy atom. The molecule has 45 heavy (non-hydrogen) atoms. The lowest BCUT2D eigenvalue weighted by Gasteiger charge is -2.34. The summed E-state index contributed by atoms with van der Waals surface area (Å²) in [6, 6.07) is 31.0. The summed E-state index contributed by atoms with van der Waals surface area (Å²) in [5, 5.41) is 3.01. The maximum atomic E-state index is 14.5. The van der Waals surface area contributed by atoms with Gasteiger partial charge in [0, 0.05) is 19.5 Å². The molecule has 0 saturated carbocycles. The SMILES string of the molecule is CCCCNC(=O)C(Cc1ccccc1)N(Cc1cccc(C)c1)C(=O)CN(c1ccccc1)S(=O)(=O)c1ccc(OC)cc1. The number of hydrogen-bond acceptors (Lipinski definition) is 5. The smallest absolute Gasteiger partial charge is 0.264 e. The lowest BCUT2D eigenvalue weighted by Crippen LogP contribution is -2.53. The highest BCUT2D eigenvalue weighted by Gasteiger charge is 2.34. The molecule has 0 heterocycles. The van der Waals surface area contributed by atoms with E-state index in [1.807, 2.05) is 68.4 Å². The number of nitrogens with one attached hydrogen (secondary N) is 1. The monoisotopic (exact) mass is 627 g/mol. The summed E-state index contributed by atoms with van der Waals surface area (Å²) in [6.45, 7) is 4.12. The normalized spacial score (nSPS) is 11.8. The van der Waals surface area contributed by atoms with Crippen LogP contribution in [0.4, 0.5) is 5.69 Å². The lowest BCUT2D eigenvalue weighted by atomic mass is 10.0. The highest BCUT2D eigenvalue weighted by Crippen LogP contribution is 2.26. The van der Waals surface area contributed by atoms with Gasteiger partial charge in [0.05, 0.1) is 17.7 Å². The molecular weight excluding hydrogens is 586 g/mol. The number of rotatable bonds is 15. The van der Waals surface area contributed by atoms with Crippen molar-refractivity contribution >= 4 is 27.5 Å². The van der Waals surface area contributed by atoms with Gasteiger partial charge in [-0.25, -0.2) is 8.42 Å². The van der Waals surface area contributed by atoms with E-state index in [-0.39, 0.29) is 23.8 Å². The number of carbonyl (C=O) groups is 2. The number of sulfonamides is 1. The Morgan fingerprint density at radius 2 is 1.49 bits per heavy atom. The molecule has 4 aromatic carbocycles. The van der Waals surface area contributed by atoms with Gasteiger partial charge in [0.2, 0.25) is 11.8 Å². The topological polar surface area (TPSA) is 96.0 Å². The fourth-order valence-electron chi connectivity index (χ4n) is 5.07. The Labute approximate surface area is 266 Å². The number of nitrogens with zero attached hydrogens (tertiary/aromatic N) is 2. The molecule has 0 saturated heterocycles. The van der Waals surface area contributed by atoms with Crippen molar-refractivity contribution in [1.29, 1.82) is 0 Å². The minimum atomic E-state index is -4.18. The van der Waals surface area contributed by atoms with Crippen LogP contribution in [0.3, 0.4) is 0 Å². The highest BCUT2D eigenvalue weighted by molar-refractivity contribution is 7.92. The number of hydrogen-bond donors (Lipinski definition) is 1. The molecule has 8 nitrogen and oxygen atoms in total. The Balaban J connectivity index is 1.77. The van der Waals surface area contributed by atoms with Crippen LogP contribution in [0.25, 0.3) is 0 Å². The lowest BCUT2D eigenvalue weighted by molar-refractivity contribution is -0.140. The van der Waals surface area contributed by atoms with Gasteiger partial charge in [0.25, 0.3) is 10.0 Å². The van der Waals surface area contributed by atoms with Crippen molar-refractivity contribution in [3.05, 3.63) is 126 Å². The molecule has 1 N–H and O–H groups in total. The molecule has 0 aliphatic rings. The van der Waals surface area contributed by atoms with Crippen LogP contribution in [0.15, 0.2) is 114 Å². The zero-order valence-corrected chi connectivity index (χ0v) is 26.9. The van der Waals surface area contributed by atoms with Gasteiger partial charge < -0.3 is 15.0 Å². The minimum absolute atomic E-state index is 0.0170. The van der Waals surface area contributed by atoms with Crippen molar-refractivity contribution in [2.45, 2.75) is 50.6 Å². The van der Waals surface area contributed by atoms with Crippen LogP contribution in [0.5, 0.6) is 5.75 Å². The molecule has 0 aromatic heterocycles. The summed E-state index contributed by atoms with van der Waals surface area (Å²) in [5.41, 5.74) is 3.08. The van der Waals surface area contributed by atoms with E-state index in [1.54, 1.807) is 42.5 Å². The second-order valence-electron chi connectivity index (χ2n) is 10.9. The third-order valence-corrected chi connectivity index (χ3v) is 9.29. The number of unbranched alkanes of at least 4 members (excludes halogenated alkanes) is 1. The molecule has 0 radical (unpaired) electrons. The first-order valence-corrected chi connectivity index (χ1v) is 16.6. The third kappa shape index (κ3) is 8.95. The largest absolute Gasteiger partial charge is 0.497 e. The number of carbonyl (C=O) groups excluding carboxylic acids is 2. The van der Waals surface area contributed by atoms with E-state index in [9.17, 15) is 18.0 Å². The summed E-state index contributed by atoms with van der Waals surface area (Å²) in [7, 11) is -2.67. The summed E-state index contributed by atoms with van der Waals surface area (Å²) in [6.07, 6.45) is 1.98. The van der Waals surface area contributed by atoms with Crippen LogP contribution >= 0.6 is 0 Å². The van der Waals surface area contributed by atoms with Gasteiger partial charge in [-0.15, -0.1) is 0 Å². The van der Waals surface area contributed by atoms with Gasteiger partial charge in [-0.05, 0) is 60.9 Å². The van der Waals surface area contributed by atoms with Crippen LogP contribution in [0.1, 0.15) is 36.5 Å². The van der Waals surface area contributed by atoms with E-state index in [0.29, 0.717) is 18.0 Å². The standard InChI is InChI=1S/C36H41N3O5S/c1-4-5-23-37-36(41)34(25-29-14-8-6-9-15-29)38(26-30-16-12-13-28(2)24-30)35(40)27-39(31-17-10-7-11-18-31)45(42,43)33-21-19-32(44-3)20-22-33/h6-22,24,34H,4-5,23,25-27H2,1-3H3,(H,37,41). The van der Waals surface area contributed by atoms with E-state index in [4.69, 9.17) is 4.74 Å². The molecule has 0 bridgehead atoms. The van der Waals surface area contributed by atoms with Gasteiger partial charge in [-0.1, -0.05) is 91.7 Å². The number of amides is 2. The number of benzene rings is 4. The van der Waals surface area contributed by atoms with E-state index >= 15 is 0 Å². The van der Waals surface area contributed by atoms with Crippen LogP contribution in [0.2, 0.25) is 0 Å². The van der Waals surface area contributed by atoms with Crippen molar-refractivity contribution < 1.29 is 22.7 Å². The molecule has 4 rings (SSSR count). The summed E-state index contributed by atoms with van der Waals surface area (Å²) >= 11 is 0. The van der Waals surface area contributed by atoms with Gasteiger partial charge in [-0.2, -0.15) is 0 Å². The molecule has 4 aromatic rings. The maximum absolute atomic E-state index is 14.5. The fourth-order valence-corrected chi connectivity index (χ4v) is 6.48. The third-order valence-electron chi connectivity index (χ3n) is 7.51. The van der Waals surface area contributed by atoms with Crippen molar-refractivity contribution in [2.24, 2.45) is 0 Å². The van der Waals surface area contributed by atoms with Gasteiger partial charge in [-0.3, -0.25) is 13.9 Å². The van der Waals surface area contributed by atoms with Gasteiger partial charge in [0.15, 0.2) is 0 Å². The first kappa shape index (κ1) is 33.3. The van der Waals surface area contributed by atoms with Crippen LogP contribution in [0, 0.1) is 6.92 Å². The van der Waals surface area contributed by atoms with Gasteiger partial charge in [0.1, 0.15) is 18.3 Å². The molecule has 236 valence electrons. The molecule has 0 aliphatic carbocycles. The summed E-state index contributed by atoms with van der Waals surface area (Å²) < 4.78 is 34.5. The molecular formula is C36H41N3O5S. The van der Waals surface area contributed by atoms with Crippen molar-refractivity contribution in [1.82, 2.24) is 10.2 Å². The maximum Gasteiger partial charge on any atom is 0.264 e. The number of para-hydroxylation sites is 1. The Kier molecular flexibility index (Phi) is 11.8. The number of methoxy groups -OCH3 is 1. The van der Waals surface area contributed by atoms with Crippen molar-refractivity contribution in [3.8, 4) is 5.75 Å². The Bertz CT molecular complexity index is 1650. The molecule has 0 aliphatic heterocycles. The zero-order valence-electron chi connectivity index (χ0n) is 26.1. The van der Waals surface area contributed by atoms with Crippen molar-refractivity contribution in [2.75, 3.05) is 24.5 Å². The number of aryl methyl sites for hydroxylation is 1. The average molecular weight is 628 g/mol. The molecule has 2 amide bonds. The average Bonchev–Trinajstić information content (AvgIpc) is 3.06. The van der Waals surface area contributed by atoms with Crippen LogP contribution in [-0.2, 0) is 32.6 Å². The second kappa shape index (κ2) is 15.9. The molecule has 1 unspecified atom stereocenters. The fraction of sp³-hybridized carbons (Fsp3) is 0.278. The highest BCUT2D eigenvalue weighted by atomic mass is 32.2. The molecule has 0 spiro atoms. The quantitative estimate of drug-likeness (QED) is 0.169. The predicted octanol–water partition coefficient (Wildman–Crippen LogP) is 5.76. The molecule has 0 fully saturated rings. The summed E-state index contributed by atoms with van der Waals surface area (Å²) in [5.74, 6) is -0.264. The van der Waals surface area contributed by atoms with Crippen LogP contribution in [-0.4, -0.2) is 51.4 Å². The predicted molar refractivity (Wildman–Crippen MR) is 178 cm³/mol. The van der Waals surface area contributed by atoms with Crippen molar-refractivity contribution in [3.63, 3.8) is 0 Å². The first-order chi connectivity index (χ1) is 21.7. The zero-order chi connectivity index (χ0) is 32.2. The Hall–Kier alpha value is -4.63. The molecule has 1 atom stereocenters. The minimum Gasteiger partial charge on any atom is -0.497 e. The van der Waals surface area contributed by atoms with E-state index < -0.39 is 28.5 Å². The first-order valence-electron chi connectivity index (χ1n) is 15.1. The Morgan fingerprint density at radius 3 is 2.11 bits per heavy atom. The van der Waals surface area contributed by atoms with Crippen LogP contribution < -0.4 is 14.4 Å². The van der Waals surface area contributed by atoms with E-state index in [2.05, 4.69) is 5.32 Å². The molecule has 9 heteroatoms. The second-order valence-corrected chi connectivity index (χ2v) is 12.7. The van der Waals surface area contributed by atoms with E-state index in [1.165, 1.54) is 24.1 Å². The number of ether oxygens (including phenoxy) is 1.